The van der Waals surface area contributed by atoms with Crippen LogP contribution in [-0.4, -0.2) is 47.3 Å². The highest BCUT2D eigenvalue weighted by Crippen LogP contribution is 2.36. The molecule has 0 aliphatic carbocycles. The summed E-state index contributed by atoms with van der Waals surface area (Å²) in [5.41, 5.74) is 0. The maximum Gasteiger partial charge on any atom is 0.193 e. The lowest BCUT2D eigenvalue weighted by Crippen LogP contribution is -2.48. The SMILES string of the molecule is Clc1ccc2c(n1)N([C@@H]1CCCN(CCCc3ncco3)C1)CO2. The first-order valence-corrected chi connectivity index (χ1v) is 8.84. The molecule has 0 aromatic carbocycles. The van der Waals surface area contributed by atoms with E-state index in [9.17, 15) is 0 Å². The summed E-state index contributed by atoms with van der Waals surface area (Å²) in [6, 6.07) is 4.11. The van der Waals surface area contributed by atoms with Gasteiger partial charge in [0.05, 0.1) is 6.20 Å². The van der Waals surface area contributed by atoms with Crippen molar-refractivity contribution in [3.8, 4) is 5.75 Å². The van der Waals surface area contributed by atoms with Gasteiger partial charge in [0.1, 0.15) is 11.4 Å². The molecule has 0 bridgehead atoms. The Bertz CT molecular complexity index is 679. The van der Waals surface area contributed by atoms with Gasteiger partial charge in [-0.05, 0) is 44.5 Å². The number of nitrogens with zero attached hydrogens (tertiary/aromatic N) is 4. The second-order valence-corrected chi connectivity index (χ2v) is 6.71. The molecule has 1 atom stereocenters. The van der Waals surface area contributed by atoms with Crippen LogP contribution in [-0.2, 0) is 6.42 Å². The number of oxazole rings is 1. The highest BCUT2D eigenvalue weighted by Gasteiger charge is 2.32. The Balaban J connectivity index is 1.35. The van der Waals surface area contributed by atoms with Crippen LogP contribution in [0.15, 0.2) is 29.0 Å². The average molecular weight is 349 g/mol. The molecule has 6 nitrogen and oxygen atoms in total. The molecule has 1 fully saturated rings. The van der Waals surface area contributed by atoms with E-state index in [1.54, 1.807) is 18.5 Å². The maximum absolute atomic E-state index is 6.06. The molecule has 128 valence electrons. The number of halogens is 1. The number of aryl methyl sites for hydroxylation is 1. The largest absolute Gasteiger partial charge is 0.469 e. The molecule has 2 aromatic rings. The van der Waals surface area contributed by atoms with Crippen LogP contribution >= 0.6 is 11.6 Å². The van der Waals surface area contributed by atoms with E-state index >= 15 is 0 Å². The van der Waals surface area contributed by atoms with Gasteiger partial charge in [-0.2, -0.15) is 0 Å². The van der Waals surface area contributed by atoms with Gasteiger partial charge < -0.3 is 19.0 Å². The van der Waals surface area contributed by atoms with Crippen molar-refractivity contribution in [2.45, 2.75) is 31.7 Å². The van der Waals surface area contributed by atoms with E-state index < -0.39 is 0 Å². The highest BCUT2D eigenvalue weighted by molar-refractivity contribution is 6.29. The van der Waals surface area contributed by atoms with Gasteiger partial charge in [0.2, 0.25) is 0 Å². The third-order valence-corrected chi connectivity index (χ3v) is 4.92. The van der Waals surface area contributed by atoms with Crippen LogP contribution in [0.5, 0.6) is 5.75 Å². The summed E-state index contributed by atoms with van der Waals surface area (Å²) in [5.74, 6) is 2.54. The molecule has 4 rings (SSSR count). The lowest BCUT2D eigenvalue weighted by molar-refractivity contribution is 0.192. The summed E-state index contributed by atoms with van der Waals surface area (Å²) in [5, 5.41) is 0.517. The summed E-state index contributed by atoms with van der Waals surface area (Å²) < 4.78 is 11.1. The van der Waals surface area contributed by atoms with Crippen molar-refractivity contribution >= 4 is 17.4 Å². The van der Waals surface area contributed by atoms with Crippen molar-refractivity contribution in [3.05, 3.63) is 35.6 Å². The van der Waals surface area contributed by atoms with E-state index in [2.05, 4.69) is 19.8 Å². The van der Waals surface area contributed by atoms with Crippen molar-refractivity contribution < 1.29 is 9.15 Å². The second-order valence-electron chi connectivity index (χ2n) is 6.32. The predicted octanol–water partition coefficient (Wildman–Crippen LogP) is 2.98. The van der Waals surface area contributed by atoms with E-state index in [1.165, 1.54) is 6.42 Å². The Hall–Kier alpha value is -1.79. The molecule has 0 radical (unpaired) electrons. The number of hydrogen-bond donors (Lipinski definition) is 0. The Morgan fingerprint density at radius 2 is 2.29 bits per heavy atom. The molecule has 0 saturated carbocycles. The third-order valence-electron chi connectivity index (χ3n) is 4.71. The molecular weight excluding hydrogens is 328 g/mol. The standard InChI is InChI=1S/C17H21ClN4O2/c18-15-6-5-14-17(20-15)22(12-24-14)13-3-1-8-21(11-13)9-2-4-16-19-7-10-23-16/h5-7,10,13H,1-4,8-9,11-12H2/t13-/m1/s1. The number of anilines is 1. The van der Waals surface area contributed by atoms with Crippen LogP contribution < -0.4 is 9.64 Å². The fourth-order valence-corrected chi connectivity index (χ4v) is 3.67. The van der Waals surface area contributed by atoms with Crippen LogP contribution in [0, 0.1) is 0 Å². The Morgan fingerprint density at radius 3 is 3.17 bits per heavy atom. The first-order chi connectivity index (χ1) is 11.8. The van der Waals surface area contributed by atoms with Crippen molar-refractivity contribution in [1.82, 2.24) is 14.9 Å². The number of rotatable bonds is 5. The number of ether oxygens (including phenoxy) is 1. The van der Waals surface area contributed by atoms with Crippen LogP contribution in [0.3, 0.4) is 0 Å². The monoisotopic (exact) mass is 348 g/mol. The zero-order valence-electron chi connectivity index (χ0n) is 13.5. The summed E-state index contributed by atoms with van der Waals surface area (Å²) >= 11 is 6.06. The number of fused-ring (bicyclic) bond motifs is 1. The minimum atomic E-state index is 0.424. The molecule has 2 aliphatic heterocycles. The van der Waals surface area contributed by atoms with Gasteiger partial charge in [0, 0.05) is 19.0 Å². The van der Waals surface area contributed by atoms with E-state index in [-0.39, 0.29) is 0 Å². The molecule has 4 heterocycles. The zero-order valence-corrected chi connectivity index (χ0v) is 14.3. The van der Waals surface area contributed by atoms with Gasteiger partial charge in [-0.25, -0.2) is 9.97 Å². The van der Waals surface area contributed by atoms with E-state index in [0.29, 0.717) is 17.9 Å². The Labute approximate surface area is 146 Å². The third kappa shape index (κ3) is 3.35. The maximum atomic E-state index is 6.06. The van der Waals surface area contributed by atoms with E-state index in [0.717, 1.165) is 56.4 Å². The van der Waals surface area contributed by atoms with E-state index in [4.69, 9.17) is 20.8 Å². The topological polar surface area (TPSA) is 54.6 Å². The normalized spacial score (nSPS) is 20.9. The van der Waals surface area contributed by atoms with Gasteiger partial charge >= 0.3 is 0 Å². The molecule has 0 amide bonds. The lowest BCUT2D eigenvalue weighted by atomic mass is 10.0. The smallest absolute Gasteiger partial charge is 0.193 e. The number of hydrogen-bond acceptors (Lipinski definition) is 6. The quantitative estimate of drug-likeness (QED) is 0.774. The van der Waals surface area contributed by atoms with Gasteiger partial charge in [-0.15, -0.1) is 0 Å². The molecule has 0 unspecified atom stereocenters. The zero-order chi connectivity index (χ0) is 16.4. The lowest BCUT2D eigenvalue weighted by Gasteiger charge is -2.37. The van der Waals surface area contributed by atoms with Crippen molar-refractivity contribution in [1.29, 1.82) is 0 Å². The van der Waals surface area contributed by atoms with E-state index in [1.807, 2.05) is 6.07 Å². The molecule has 2 aliphatic rings. The summed E-state index contributed by atoms with van der Waals surface area (Å²) in [7, 11) is 0. The van der Waals surface area contributed by atoms with Gasteiger partial charge in [-0.3, -0.25) is 0 Å². The fraction of sp³-hybridized carbons (Fsp3) is 0.529. The first kappa shape index (κ1) is 15.7. The average Bonchev–Trinajstić information content (AvgIpc) is 3.24. The second kappa shape index (κ2) is 6.99. The number of likely N-dealkylation sites (tertiary alicyclic amines) is 1. The summed E-state index contributed by atoms with van der Waals surface area (Å²) in [6.45, 7) is 3.80. The minimum Gasteiger partial charge on any atom is -0.469 e. The van der Waals surface area contributed by atoms with Crippen LogP contribution in [0.25, 0.3) is 0 Å². The van der Waals surface area contributed by atoms with Crippen molar-refractivity contribution in [3.63, 3.8) is 0 Å². The Kier molecular flexibility index (Phi) is 4.58. The number of piperidine rings is 1. The van der Waals surface area contributed by atoms with Crippen molar-refractivity contribution in [2.24, 2.45) is 0 Å². The highest BCUT2D eigenvalue weighted by atomic mass is 35.5. The predicted molar refractivity (Wildman–Crippen MR) is 91.5 cm³/mol. The van der Waals surface area contributed by atoms with Gasteiger partial charge in [0.25, 0.3) is 0 Å². The number of aromatic nitrogens is 2. The molecular formula is C17H21ClN4O2. The van der Waals surface area contributed by atoms with Crippen LogP contribution in [0.4, 0.5) is 5.82 Å². The van der Waals surface area contributed by atoms with Gasteiger partial charge in [-0.1, -0.05) is 11.6 Å². The minimum absolute atomic E-state index is 0.424. The molecule has 1 saturated heterocycles. The molecule has 24 heavy (non-hydrogen) atoms. The van der Waals surface area contributed by atoms with Crippen molar-refractivity contribution in [2.75, 3.05) is 31.3 Å². The summed E-state index contributed by atoms with van der Waals surface area (Å²) in [6.07, 6.45) is 7.64. The van der Waals surface area contributed by atoms with Crippen LogP contribution in [0.1, 0.15) is 25.2 Å². The molecule has 0 spiro atoms. The first-order valence-electron chi connectivity index (χ1n) is 8.46. The molecule has 7 heteroatoms. The number of pyridine rings is 1. The summed E-state index contributed by atoms with van der Waals surface area (Å²) in [4.78, 5) is 13.4. The van der Waals surface area contributed by atoms with Crippen LogP contribution in [0.2, 0.25) is 5.15 Å². The Morgan fingerprint density at radius 1 is 1.33 bits per heavy atom. The van der Waals surface area contributed by atoms with Gasteiger partial charge in [0.15, 0.2) is 24.2 Å². The molecule has 0 N–H and O–H groups in total. The molecule has 2 aromatic heterocycles. The fourth-order valence-electron chi connectivity index (χ4n) is 3.53.